The highest BCUT2D eigenvalue weighted by molar-refractivity contribution is 6.30. The molecule has 0 aromatic heterocycles. The quantitative estimate of drug-likeness (QED) is 0.891. The lowest BCUT2D eigenvalue weighted by Gasteiger charge is -2.26. The second kappa shape index (κ2) is 6.43. The average Bonchev–Trinajstić information content (AvgIpc) is 2.99. The van der Waals surface area contributed by atoms with Crippen LogP contribution in [0.2, 0.25) is 5.02 Å². The van der Waals surface area contributed by atoms with Crippen LogP contribution in [0.3, 0.4) is 0 Å². The summed E-state index contributed by atoms with van der Waals surface area (Å²) in [6, 6.07) is 6.69. The van der Waals surface area contributed by atoms with Gasteiger partial charge in [-0.05, 0) is 17.7 Å². The van der Waals surface area contributed by atoms with Crippen LogP contribution in [0.25, 0.3) is 0 Å². The van der Waals surface area contributed by atoms with Crippen LogP contribution < -0.4 is 5.32 Å². The number of rotatable bonds is 3. The third-order valence-electron chi connectivity index (χ3n) is 4.80. The van der Waals surface area contributed by atoms with E-state index in [9.17, 15) is 14.4 Å². The zero-order chi connectivity index (χ0) is 17.4. The number of benzene rings is 1. The number of carbonyl (C=O) groups is 3. The van der Waals surface area contributed by atoms with E-state index < -0.39 is 5.92 Å². The minimum atomic E-state index is -0.484. The Kier molecular flexibility index (Phi) is 4.49. The molecule has 6 nitrogen and oxygen atoms in total. The summed E-state index contributed by atoms with van der Waals surface area (Å²) in [5.41, 5.74) is 0.843. The van der Waals surface area contributed by atoms with Gasteiger partial charge in [0.2, 0.25) is 17.7 Å². The summed E-state index contributed by atoms with van der Waals surface area (Å²) in [5, 5.41) is 3.50. The Labute approximate surface area is 145 Å². The van der Waals surface area contributed by atoms with Gasteiger partial charge in [0.15, 0.2) is 0 Å². The molecule has 2 fully saturated rings. The number of halogens is 1. The molecule has 0 spiro atoms. The molecule has 0 aliphatic carbocycles. The van der Waals surface area contributed by atoms with Gasteiger partial charge in [-0.25, -0.2) is 0 Å². The highest BCUT2D eigenvalue weighted by atomic mass is 35.5. The van der Waals surface area contributed by atoms with Gasteiger partial charge in [-0.1, -0.05) is 23.7 Å². The molecule has 3 amide bonds. The summed E-state index contributed by atoms with van der Waals surface area (Å²) < 4.78 is 0. The molecule has 7 heteroatoms. The first-order valence-electron chi connectivity index (χ1n) is 7.92. The van der Waals surface area contributed by atoms with Gasteiger partial charge in [0.25, 0.3) is 0 Å². The van der Waals surface area contributed by atoms with Crippen LogP contribution in [0.4, 0.5) is 0 Å². The molecule has 3 atom stereocenters. The molecule has 1 aromatic carbocycles. The van der Waals surface area contributed by atoms with E-state index in [1.165, 1.54) is 0 Å². The van der Waals surface area contributed by atoms with Gasteiger partial charge in [-0.3, -0.25) is 14.4 Å². The zero-order valence-corrected chi connectivity index (χ0v) is 14.4. The van der Waals surface area contributed by atoms with E-state index in [0.29, 0.717) is 18.0 Å². The van der Waals surface area contributed by atoms with Gasteiger partial charge in [-0.15, -0.1) is 0 Å². The molecule has 2 saturated heterocycles. The van der Waals surface area contributed by atoms with Crippen LogP contribution in [0.1, 0.15) is 24.4 Å². The maximum absolute atomic E-state index is 12.7. The van der Waals surface area contributed by atoms with E-state index in [2.05, 4.69) is 5.32 Å². The molecule has 2 aliphatic heterocycles. The Balaban J connectivity index is 1.78. The van der Waals surface area contributed by atoms with Crippen molar-refractivity contribution in [2.24, 2.45) is 5.92 Å². The maximum Gasteiger partial charge on any atom is 0.226 e. The van der Waals surface area contributed by atoms with Gasteiger partial charge < -0.3 is 15.1 Å². The third-order valence-corrected chi connectivity index (χ3v) is 5.04. The molecule has 0 saturated carbocycles. The van der Waals surface area contributed by atoms with Crippen LogP contribution in [-0.2, 0) is 14.4 Å². The number of nitrogens with zero attached hydrogens (tertiary/aromatic N) is 2. The second-order valence-electron chi connectivity index (χ2n) is 6.50. The summed E-state index contributed by atoms with van der Waals surface area (Å²) in [7, 11) is 3.42. The number of amides is 3. The summed E-state index contributed by atoms with van der Waals surface area (Å²) in [6.07, 6.45) is 0.469. The molecule has 0 bridgehead atoms. The van der Waals surface area contributed by atoms with Crippen molar-refractivity contribution in [1.29, 1.82) is 0 Å². The van der Waals surface area contributed by atoms with E-state index >= 15 is 0 Å². The van der Waals surface area contributed by atoms with Crippen LogP contribution in [0, 0.1) is 5.92 Å². The lowest BCUT2D eigenvalue weighted by Crippen LogP contribution is -2.41. The van der Waals surface area contributed by atoms with Crippen LogP contribution in [-0.4, -0.2) is 54.2 Å². The van der Waals surface area contributed by atoms with Gasteiger partial charge >= 0.3 is 0 Å². The molecule has 1 aromatic rings. The second-order valence-corrected chi connectivity index (χ2v) is 6.94. The smallest absolute Gasteiger partial charge is 0.226 e. The number of carbonyl (C=O) groups excluding carboxylic acids is 3. The van der Waals surface area contributed by atoms with Crippen molar-refractivity contribution >= 4 is 29.3 Å². The summed E-state index contributed by atoms with van der Waals surface area (Å²) in [4.78, 5) is 39.7. The van der Waals surface area contributed by atoms with Crippen molar-refractivity contribution in [3.8, 4) is 0 Å². The molecule has 3 unspecified atom stereocenters. The SMILES string of the molecule is CN1CC(NC(=O)C2CC(=O)N(C)C2c2cccc(Cl)c2)CC1=O. The van der Waals surface area contributed by atoms with Crippen molar-refractivity contribution in [3.63, 3.8) is 0 Å². The van der Waals surface area contributed by atoms with Crippen LogP contribution >= 0.6 is 11.6 Å². The Hall–Kier alpha value is -2.08. The monoisotopic (exact) mass is 349 g/mol. The minimum Gasteiger partial charge on any atom is -0.351 e. The van der Waals surface area contributed by atoms with Crippen molar-refractivity contribution in [2.45, 2.75) is 24.9 Å². The number of hydrogen-bond donors (Lipinski definition) is 1. The summed E-state index contributed by atoms with van der Waals surface area (Å²) >= 11 is 6.06. The average molecular weight is 350 g/mol. The predicted molar refractivity (Wildman–Crippen MR) is 89.3 cm³/mol. The van der Waals surface area contributed by atoms with E-state index in [4.69, 9.17) is 11.6 Å². The standard InChI is InChI=1S/C17H20ClN3O3/c1-20-9-12(7-14(20)22)19-17(24)13-8-15(23)21(2)16(13)10-4-3-5-11(18)6-10/h3-6,12-13,16H,7-9H2,1-2H3,(H,19,24). The van der Waals surface area contributed by atoms with Crippen LogP contribution in [0.5, 0.6) is 0 Å². The lowest BCUT2D eigenvalue weighted by molar-refractivity contribution is -0.128. The first-order valence-corrected chi connectivity index (χ1v) is 8.30. The lowest BCUT2D eigenvalue weighted by atomic mass is 9.92. The molecule has 2 heterocycles. The van der Waals surface area contributed by atoms with Crippen molar-refractivity contribution in [1.82, 2.24) is 15.1 Å². The zero-order valence-electron chi connectivity index (χ0n) is 13.7. The first kappa shape index (κ1) is 16.8. The molecule has 1 N–H and O–H groups in total. The molecule has 3 rings (SSSR count). The van der Waals surface area contributed by atoms with Gasteiger partial charge in [0.1, 0.15) is 0 Å². The normalized spacial score (nSPS) is 27.0. The highest BCUT2D eigenvalue weighted by Gasteiger charge is 2.43. The fourth-order valence-corrected chi connectivity index (χ4v) is 3.72. The Morgan fingerprint density at radius 2 is 1.96 bits per heavy atom. The first-order chi connectivity index (χ1) is 11.4. The summed E-state index contributed by atoms with van der Waals surface area (Å²) in [5.74, 6) is -0.723. The Morgan fingerprint density at radius 1 is 1.21 bits per heavy atom. The van der Waals surface area contributed by atoms with Gasteiger partial charge in [0, 0.05) is 38.5 Å². The Morgan fingerprint density at radius 3 is 2.58 bits per heavy atom. The van der Waals surface area contributed by atoms with Crippen molar-refractivity contribution in [3.05, 3.63) is 34.9 Å². The molecule has 24 heavy (non-hydrogen) atoms. The Bertz CT molecular complexity index is 693. The summed E-state index contributed by atoms with van der Waals surface area (Å²) in [6.45, 7) is 0.503. The fraction of sp³-hybridized carbons (Fsp3) is 0.471. The minimum absolute atomic E-state index is 0.0197. The molecule has 2 aliphatic rings. The van der Waals surface area contributed by atoms with Gasteiger partial charge in [0.05, 0.1) is 18.0 Å². The predicted octanol–water partition coefficient (Wildman–Crippen LogP) is 1.21. The fourth-order valence-electron chi connectivity index (χ4n) is 3.52. The van der Waals surface area contributed by atoms with Crippen LogP contribution in [0.15, 0.2) is 24.3 Å². The topological polar surface area (TPSA) is 69.7 Å². The molecule has 128 valence electrons. The highest BCUT2D eigenvalue weighted by Crippen LogP contribution is 2.38. The molecule has 0 radical (unpaired) electrons. The number of nitrogens with one attached hydrogen (secondary N) is 1. The van der Waals surface area contributed by atoms with E-state index in [1.807, 2.05) is 12.1 Å². The molecular formula is C17H20ClN3O3. The molecular weight excluding hydrogens is 330 g/mol. The van der Waals surface area contributed by atoms with E-state index in [0.717, 1.165) is 5.56 Å². The van der Waals surface area contributed by atoms with Crippen molar-refractivity contribution in [2.75, 3.05) is 20.6 Å². The third kappa shape index (κ3) is 3.11. The van der Waals surface area contributed by atoms with Crippen molar-refractivity contribution < 1.29 is 14.4 Å². The van der Waals surface area contributed by atoms with E-state index in [-0.39, 0.29) is 36.2 Å². The van der Waals surface area contributed by atoms with E-state index in [1.54, 1.807) is 36.0 Å². The number of hydrogen-bond acceptors (Lipinski definition) is 3. The number of likely N-dealkylation sites (N-methyl/N-ethyl adjacent to an activating group) is 1. The maximum atomic E-state index is 12.7. The number of likely N-dealkylation sites (tertiary alicyclic amines) is 2. The largest absolute Gasteiger partial charge is 0.351 e. The van der Waals surface area contributed by atoms with Gasteiger partial charge in [-0.2, -0.15) is 0 Å².